The van der Waals surface area contributed by atoms with E-state index in [9.17, 15) is 0 Å². The number of rotatable bonds is 3. The van der Waals surface area contributed by atoms with Gasteiger partial charge in [-0.15, -0.1) is 0 Å². The average Bonchev–Trinajstić information content (AvgIpc) is 2.71. The van der Waals surface area contributed by atoms with Gasteiger partial charge in [0, 0.05) is 25.3 Å². The minimum absolute atomic E-state index is 0.306. The second-order valence-electron chi connectivity index (χ2n) is 3.96. The van der Waals surface area contributed by atoms with Crippen molar-refractivity contribution in [2.24, 2.45) is 5.92 Å². The van der Waals surface area contributed by atoms with Crippen molar-refractivity contribution in [2.45, 2.75) is 19.4 Å². The number of aliphatic hydroxyl groups excluding tert-OH is 1. The molecule has 0 aromatic carbocycles. The Hall–Kier alpha value is -0.870. The summed E-state index contributed by atoms with van der Waals surface area (Å²) in [6.07, 6.45) is 5.76. The van der Waals surface area contributed by atoms with Gasteiger partial charge >= 0.3 is 0 Å². The predicted molar refractivity (Wildman–Crippen MR) is 51.6 cm³/mol. The minimum Gasteiger partial charge on any atom is -0.396 e. The molecule has 4 heteroatoms. The molecule has 1 unspecified atom stereocenters. The third kappa shape index (κ3) is 2.33. The summed E-state index contributed by atoms with van der Waals surface area (Å²) in [5, 5.41) is 12.8. The van der Waals surface area contributed by atoms with Crippen LogP contribution in [0.4, 0.5) is 0 Å². The van der Waals surface area contributed by atoms with Gasteiger partial charge in [-0.1, -0.05) is 5.16 Å². The topological polar surface area (TPSA) is 49.5 Å². The molecule has 0 spiro atoms. The van der Waals surface area contributed by atoms with Crippen LogP contribution >= 0.6 is 0 Å². The summed E-state index contributed by atoms with van der Waals surface area (Å²) in [7, 11) is 0. The van der Waals surface area contributed by atoms with E-state index in [-0.39, 0.29) is 0 Å². The predicted octanol–water partition coefficient (Wildman–Crippen LogP) is 0.879. The Bertz CT molecular complexity index is 261. The number of aliphatic hydroxyl groups is 1. The molecule has 1 fully saturated rings. The Balaban J connectivity index is 1.86. The van der Waals surface area contributed by atoms with Crippen LogP contribution in [0.5, 0.6) is 0 Å². The number of piperidine rings is 1. The smallest absolute Gasteiger partial charge is 0.128 e. The molecule has 0 aliphatic carbocycles. The Labute approximate surface area is 83.5 Å². The molecule has 78 valence electrons. The summed E-state index contributed by atoms with van der Waals surface area (Å²) in [4.78, 5) is 2.34. The fourth-order valence-electron chi connectivity index (χ4n) is 2.01. The zero-order chi connectivity index (χ0) is 9.80. The number of hydrogen-bond acceptors (Lipinski definition) is 4. The molecule has 1 aromatic rings. The van der Waals surface area contributed by atoms with Crippen LogP contribution in [0.1, 0.15) is 18.4 Å². The average molecular weight is 196 g/mol. The van der Waals surface area contributed by atoms with Gasteiger partial charge < -0.3 is 9.63 Å². The Morgan fingerprint density at radius 3 is 3.29 bits per heavy atom. The molecule has 0 saturated carbocycles. The normalized spacial score (nSPS) is 23.9. The molecular weight excluding hydrogens is 180 g/mol. The van der Waals surface area contributed by atoms with Crippen LogP contribution in [0, 0.1) is 5.92 Å². The van der Waals surface area contributed by atoms with Gasteiger partial charge in [0.1, 0.15) is 6.26 Å². The van der Waals surface area contributed by atoms with Gasteiger partial charge in [-0.2, -0.15) is 0 Å². The Morgan fingerprint density at radius 1 is 1.64 bits per heavy atom. The maximum Gasteiger partial charge on any atom is 0.128 e. The van der Waals surface area contributed by atoms with E-state index in [2.05, 4.69) is 10.1 Å². The van der Waals surface area contributed by atoms with E-state index in [0.29, 0.717) is 12.5 Å². The van der Waals surface area contributed by atoms with E-state index in [0.717, 1.165) is 31.6 Å². The van der Waals surface area contributed by atoms with Crippen molar-refractivity contribution in [1.29, 1.82) is 0 Å². The van der Waals surface area contributed by atoms with Gasteiger partial charge in [-0.05, 0) is 25.3 Å². The van der Waals surface area contributed by atoms with Crippen LogP contribution in [0.2, 0.25) is 0 Å². The number of likely N-dealkylation sites (tertiary alicyclic amines) is 1. The lowest BCUT2D eigenvalue weighted by molar-refractivity contribution is 0.116. The van der Waals surface area contributed by atoms with E-state index in [4.69, 9.17) is 9.63 Å². The highest BCUT2D eigenvalue weighted by Gasteiger charge is 2.19. The first kappa shape index (κ1) is 9.68. The van der Waals surface area contributed by atoms with Crippen molar-refractivity contribution in [3.63, 3.8) is 0 Å². The highest BCUT2D eigenvalue weighted by molar-refractivity contribution is 5.00. The molecule has 1 N–H and O–H groups in total. The van der Waals surface area contributed by atoms with Gasteiger partial charge in [0.15, 0.2) is 0 Å². The zero-order valence-corrected chi connectivity index (χ0v) is 8.22. The summed E-state index contributed by atoms with van der Waals surface area (Å²) in [6, 6.07) is 0. The Kier molecular flexibility index (Phi) is 3.16. The molecule has 1 aliphatic heterocycles. The summed E-state index contributed by atoms with van der Waals surface area (Å²) in [5.74, 6) is 0.448. The third-order valence-electron chi connectivity index (χ3n) is 2.75. The summed E-state index contributed by atoms with van der Waals surface area (Å²) in [5.41, 5.74) is 1.11. The van der Waals surface area contributed by atoms with E-state index in [1.807, 2.05) is 0 Å². The van der Waals surface area contributed by atoms with Crippen molar-refractivity contribution in [1.82, 2.24) is 10.1 Å². The molecule has 1 saturated heterocycles. The lowest BCUT2D eigenvalue weighted by Crippen LogP contribution is -2.36. The van der Waals surface area contributed by atoms with Crippen LogP contribution in [0.25, 0.3) is 0 Å². The van der Waals surface area contributed by atoms with Gasteiger partial charge in [0.25, 0.3) is 0 Å². The van der Waals surface area contributed by atoms with Crippen molar-refractivity contribution in [3.05, 3.63) is 18.0 Å². The van der Waals surface area contributed by atoms with Crippen LogP contribution in [-0.4, -0.2) is 34.9 Å². The van der Waals surface area contributed by atoms with Crippen LogP contribution < -0.4 is 0 Å². The van der Waals surface area contributed by atoms with E-state index < -0.39 is 0 Å². The van der Waals surface area contributed by atoms with Crippen molar-refractivity contribution < 1.29 is 9.63 Å². The van der Waals surface area contributed by atoms with E-state index in [1.165, 1.54) is 6.42 Å². The quantitative estimate of drug-likeness (QED) is 0.779. The lowest BCUT2D eigenvalue weighted by Gasteiger charge is -2.31. The van der Waals surface area contributed by atoms with Crippen LogP contribution in [0.3, 0.4) is 0 Å². The summed E-state index contributed by atoms with van der Waals surface area (Å²) < 4.78 is 4.78. The second kappa shape index (κ2) is 4.57. The molecule has 2 heterocycles. The second-order valence-corrected chi connectivity index (χ2v) is 3.96. The molecule has 0 bridgehead atoms. The molecule has 14 heavy (non-hydrogen) atoms. The first-order valence-electron chi connectivity index (χ1n) is 5.10. The number of nitrogens with zero attached hydrogens (tertiary/aromatic N) is 2. The van der Waals surface area contributed by atoms with Gasteiger partial charge in [-0.25, -0.2) is 0 Å². The molecule has 1 aromatic heterocycles. The highest BCUT2D eigenvalue weighted by Crippen LogP contribution is 2.17. The summed E-state index contributed by atoms with van der Waals surface area (Å²) >= 11 is 0. The maximum atomic E-state index is 9.08. The van der Waals surface area contributed by atoms with Crippen LogP contribution in [-0.2, 0) is 6.54 Å². The zero-order valence-electron chi connectivity index (χ0n) is 8.22. The fourth-order valence-corrected chi connectivity index (χ4v) is 2.01. The molecular formula is C10H16N2O2. The molecule has 0 amide bonds. The highest BCUT2D eigenvalue weighted by atomic mass is 16.5. The van der Waals surface area contributed by atoms with Crippen molar-refractivity contribution in [3.8, 4) is 0 Å². The minimum atomic E-state index is 0.306. The van der Waals surface area contributed by atoms with Gasteiger partial charge in [0.2, 0.25) is 0 Å². The standard InChI is InChI=1S/C10H16N2O2/c13-7-9-2-1-3-12(5-9)6-10-4-11-14-8-10/h4,8-9,13H,1-3,5-7H2. The number of aromatic nitrogens is 1. The van der Waals surface area contributed by atoms with Gasteiger partial charge in [-0.3, -0.25) is 4.90 Å². The largest absolute Gasteiger partial charge is 0.396 e. The molecule has 4 nitrogen and oxygen atoms in total. The van der Waals surface area contributed by atoms with Crippen molar-refractivity contribution >= 4 is 0 Å². The van der Waals surface area contributed by atoms with Gasteiger partial charge in [0.05, 0.1) is 6.20 Å². The fraction of sp³-hybridized carbons (Fsp3) is 0.700. The molecule has 1 aliphatic rings. The first-order chi connectivity index (χ1) is 6.88. The maximum absolute atomic E-state index is 9.08. The summed E-state index contributed by atoms with van der Waals surface area (Å²) in [6.45, 7) is 3.30. The van der Waals surface area contributed by atoms with Crippen molar-refractivity contribution in [2.75, 3.05) is 19.7 Å². The molecule has 0 radical (unpaired) electrons. The molecule has 1 atom stereocenters. The monoisotopic (exact) mass is 196 g/mol. The SMILES string of the molecule is OCC1CCCN(Cc2cnoc2)C1. The third-order valence-corrected chi connectivity index (χ3v) is 2.75. The number of hydrogen-bond donors (Lipinski definition) is 1. The first-order valence-corrected chi connectivity index (χ1v) is 5.10. The Morgan fingerprint density at radius 2 is 2.57 bits per heavy atom. The lowest BCUT2D eigenvalue weighted by atomic mass is 9.99. The van der Waals surface area contributed by atoms with E-state index in [1.54, 1.807) is 12.5 Å². The van der Waals surface area contributed by atoms with Crippen LogP contribution in [0.15, 0.2) is 17.0 Å². The molecule has 2 rings (SSSR count). The van der Waals surface area contributed by atoms with E-state index >= 15 is 0 Å².